The first kappa shape index (κ1) is 33.2. The van der Waals surface area contributed by atoms with Crippen LogP contribution >= 0.6 is 0 Å². The number of hydrogen-bond acceptors (Lipinski definition) is 1. The Morgan fingerprint density at radius 2 is 1.55 bits per heavy atom. The van der Waals surface area contributed by atoms with Crippen LogP contribution < -0.4 is 5.73 Å². The molecule has 53 heavy (non-hydrogen) atoms. The maximum Gasteiger partial charge on any atom is 0.0604 e. The molecule has 0 amide bonds. The van der Waals surface area contributed by atoms with Crippen LogP contribution in [0.25, 0.3) is 44.2 Å². The summed E-state index contributed by atoms with van der Waals surface area (Å²) in [5.41, 5.74) is 22.1. The van der Waals surface area contributed by atoms with Crippen molar-refractivity contribution in [2.24, 2.45) is 5.73 Å². The Kier molecular flexibility index (Phi) is 8.78. The molecule has 1 aromatic heterocycles. The third-order valence-electron chi connectivity index (χ3n) is 11.6. The van der Waals surface area contributed by atoms with Gasteiger partial charge in [-0.2, -0.15) is 0 Å². The molecule has 2 N–H and O–H groups in total. The fourth-order valence-electron chi connectivity index (χ4n) is 9.14. The number of benzene rings is 5. The highest BCUT2D eigenvalue weighted by atomic mass is 15.0. The Balaban J connectivity index is 1.20. The number of nitrogens with two attached hydrogens (primary N) is 1. The zero-order valence-corrected chi connectivity index (χ0v) is 30.3. The summed E-state index contributed by atoms with van der Waals surface area (Å²) in [7, 11) is 0. The second-order valence-corrected chi connectivity index (χ2v) is 14.7. The average molecular weight is 687 g/mol. The highest BCUT2D eigenvalue weighted by molar-refractivity contribution is 6.17. The predicted octanol–water partition coefficient (Wildman–Crippen LogP) is 13.0. The minimum atomic E-state index is -0.263. The van der Waals surface area contributed by atoms with Gasteiger partial charge < -0.3 is 10.3 Å². The zero-order valence-electron chi connectivity index (χ0n) is 30.3. The van der Waals surface area contributed by atoms with Crippen LogP contribution in [0.2, 0.25) is 0 Å². The maximum absolute atomic E-state index is 7.02. The van der Waals surface area contributed by atoms with Crippen molar-refractivity contribution < 1.29 is 0 Å². The number of nitrogens with zero attached hydrogens (tertiary/aromatic N) is 1. The van der Waals surface area contributed by atoms with Gasteiger partial charge >= 0.3 is 0 Å². The molecule has 3 aliphatic rings. The number of hydrogen-bond donors (Lipinski definition) is 1. The van der Waals surface area contributed by atoms with Crippen molar-refractivity contribution in [3.05, 3.63) is 204 Å². The molecular weight excluding hydrogens is 641 g/mol. The van der Waals surface area contributed by atoms with Gasteiger partial charge in [0.2, 0.25) is 0 Å². The van der Waals surface area contributed by atoms with Crippen LogP contribution in [0.1, 0.15) is 73.2 Å². The molecule has 5 aromatic carbocycles. The molecular formula is C51H46N2. The first-order chi connectivity index (χ1) is 26.2. The lowest BCUT2D eigenvalue weighted by molar-refractivity contribution is 0.706. The molecule has 2 heteroatoms. The van der Waals surface area contributed by atoms with E-state index in [1.54, 1.807) is 5.57 Å². The number of rotatable bonds is 10. The molecule has 3 aliphatic carbocycles. The quantitative estimate of drug-likeness (QED) is 0.113. The van der Waals surface area contributed by atoms with E-state index in [0.29, 0.717) is 0 Å². The molecule has 6 aromatic rings. The Morgan fingerprint density at radius 1 is 0.736 bits per heavy atom. The van der Waals surface area contributed by atoms with Crippen LogP contribution in [0.4, 0.5) is 0 Å². The molecule has 2 nitrogen and oxygen atoms in total. The van der Waals surface area contributed by atoms with Crippen molar-refractivity contribution in [1.29, 1.82) is 0 Å². The van der Waals surface area contributed by atoms with E-state index in [0.717, 1.165) is 61.8 Å². The van der Waals surface area contributed by atoms with Gasteiger partial charge in [-0.15, -0.1) is 6.58 Å². The predicted molar refractivity (Wildman–Crippen MR) is 225 cm³/mol. The lowest BCUT2D eigenvalue weighted by Crippen LogP contribution is -2.27. The molecule has 2 unspecified atom stereocenters. The summed E-state index contributed by atoms with van der Waals surface area (Å²) in [5, 5.41) is 2.63. The van der Waals surface area contributed by atoms with Crippen molar-refractivity contribution in [1.82, 2.24) is 4.57 Å². The van der Waals surface area contributed by atoms with Gasteiger partial charge in [-0.1, -0.05) is 140 Å². The zero-order chi connectivity index (χ0) is 35.8. The van der Waals surface area contributed by atoms with Gasteiger partial charge in [-0.3, -0.25) is 0 Å². The minimum Gasteiger partial charge on any atom is -0.320 e. The van der Waals surface area contributed by atoms with Crippen molar-refractivity contribution in [3.8, 4) is 16.8 Å². The van der Waals surface area contributed by atoms with Gasteiger partial charge in [0.15, 0.2) is 0 Å². The normalized spacial score (nSPS) is 18.5. The number of aromatic nitrogens is 1. The minimum absolute atomic E-state index is 0.243. The summed E-state index contributed by atoms with van der Waals surface area (Å²) in [5.74, 6) is 0. The molecule has 0 aliphatic heterocycles. The summed E-state index contributed by atoms with van der Waals surface area (Å²) >= 11 is 0. The fourth-order valence-corrected chi connectivity index (χ4v) is 9.14. The number of unbranched alkanes of at least 4 members (excludes halogenated alkanes) is 2. The molecule has 0 saturated heterocycles. The van der Waals surface area contributed by atoms with E-state index < -0.39 is 0 Å². The van der Waals surface area contributed by atoms with Crippen LogP contribution in [-0.2, 0) is 5.41 Å². The molecule has 9 rings (SSSR count). The highest BCUT2D eigenvalue weighted by Gasteiger charge is 2.46. The van der Waals surface area contributed by atoms with Gasteiger partial charge in [0.05, 0.1) is 22.5 Å². The van der Waals surface area contributed by atoms with Crippen molar-refractivity contribution in [3.63, 3.8) is 0 Å². The van der Waals surface area contributed by atoms with Crippen LogP contribution in [0.15, 0.2) is 182 Å². The largest absolute Gasteiger partial charge is 0.320 e. The van der Waals surface area contributed by atoms with E-state index in [4.69, 9.17) is 5.73 Å². The summed E-state index contributed by atoms with van der Waals surface area (Å²) in [6, 6.07) is 41.6. The molecule has 260 valence electrons. The summed E-state index contributed by atoms with van der Waals surface area (Å²) in [6.45, 7) is 3.96. The van der Waals surface area contributed by atoms with Crippen molar-refractivity contribution in [2.75, 3.05) is 0 Å². The van der Waals surface area contributed by atoms with Gasteiger partial charge in [0.25, 0.3) is 0 Å². The topological polar surface area (TPSA) is 30.9 Å². The van der Waals surface area contributed by atoms with Gasteiger partial charge in [-0.05, 0) is 119 Å². The molecule has 1 heterocycles. The first-order valence-corrected chi connectivity index (χ1v) is 19.3. The number of para-hydroxylation sites is 1. The number of allylic oxidation sites excluding steroid dienone is 11. The highest BCUT2D eigenvalue weighted by Crippen LogP contribution is 2.58. The lowest BCUT2D eigenvalue weighted by atomic mass is 9.68. The third-order valence-corrected chi connectivity index (χ3v) is 11.6. The van der Waals surface area contributed by atoms with Crippen molar-refractivity contribution in [2.45, 2.75) is 56.4 Å². The smallest absolute Gasteiger partial charge is 0.0604 e. The van der Waals surface area contributed by atoms with Crippen LogP contribution in [0.3, 0.4) is 0 Å². The second-order valence-electron chi connectivity index (χ2n) is 14.7. The second kappa shape index (κ2) is 14.0. The molecule has 0 bridgehead atoms. The monoisotopic (exact) mass is 686 g/mol. The molecule has 2 atom stereocenters. The molecule has 0 saturated carbocycles. The Bertz CT molecular complexity index is 2500. The van der Waals surface area contributed by atoms with E-state index in [1.807, 2.05) is 6.08 Å². The maximum atomic E-state index is 7.02. The SMILES string of the molecule is C=CCCCC=CC1(C2=CCCC=C2)C2=C(C=CCC2)c2c1ccc1c2c2ccccc2n1-c1cccc(C(N)c2ccc(-c3ccccc3)cc2)c1. The molecule has 0 fully saturated rings. The van der Waals surface area contributed by atoms with Gasteiger partial charge in [0, 0.05) is 16.5 Å². The molecule has 0 radical (unpaired) electrons. The standard InChI is InChI=1S/C51H46N2/c1-2-3-4-5-16-34-51(40-21-10-7-11-22-40)44-26-14-12-24-42(44)48-45(51)32-33-47-49(48)43-25-13-15-27-46(43)53(47)41-23-17-20-39(35-41)50(52)38-30-28-37(29-31-38)36-18-8-6-9-19-36/h2,6,8-10,12-13,15-25,27-35,50H,1,3-5,7,11,14,26,52H2. The van der Waals surface area contributed by atoms with E-state index in [9.17, 15) is 0 Å². The average Bonchev–Trinajstić information content (AvgIpc) is 3.72. The van der Waals surface area contributed by atoms with Crippen LogP contribution in [0.5, 0.6) is 0 Å². The first-order valence-electron chi connectivity index (χ1n) is 19.3. The van der Waals surface area contributed by atoms with E-state index in [-0.39, 0.29) is 11.5 Å². The van der Waals surface area contributed by atoms with Crippen LogP contribution in [0, 0.1) is 0 Å². The fraction of sp³-hybridized carbons (Fsp3) is 0.176. The van der Waals surface area contributed by atoms with Gasteiger partial charge in [-0.25, -0.2) is 0 Å². The Hall–Kier alpha value is -5.70. The van der Waals surface area contributed by atoms with Gasteiger partial charge in [0.1, 0.15) is 0 Å². The Morgan fingerprint density at radius 3 is 2.38 bits per heavy atom. The van der Waals surface area contributed by atoms with Crippen molar-refractivity contribution >= 4 is 27.4 Å². The Labute approximate surface area is 313 Å². The van der Waals surface area contributed by atoms with E-state index >= 15 is 0 Å². The summed E-state index contributed by atoms with van der Waals surface area (Å²) in [6.07, 6.45) is 26.7. The summed E-state index contributed by atoms with van der Waals surface area (Å²) in [4.78, 5) is 0. The number of fused-ring (bicyclic) bond motifs is 6. The van der Waals surface area contributed by atoms with E-state index in [2.05, 4.69) is 169 Å². The summed E-state index contributed by atoms with van der Waals surface area (Å²) < 4.78 is 2.46. The van der Waals surface area contributed by atoms with E-state index in [1.165, 1.54) is 55.2 Å². The molecule has 0 spiro atoms. The third kappa shape index (κ3) is 5.61. The van der Waals surface area contributed by atoms with Crippen LogP contribution in [-0.4, -0.2) is 4.57 Å². The lowest BCUT2D eigenvalue weighted by Gasteiger charge is -2.35.